The van der Waals surface area contributed by atoms with Gasteiger partial charge >= 0.3 is 0 Å². The van der Waals surface area contributed by atoms with Crippen molar-refractivity contribution in [3.63, 3.8) is 0 Å². The summed E-state index contributed by atoms with van der Waals surface area (Å²) in [4.78, 5) is 13.8. The van der Waals surface area contributed by atoms with Gasteiger partial charge in [0.2, 0.25) is 0 Å². The second kappa shape index (κ2) is 5.58. The lowest BCUT2D eigenvalue weighted by molar-refractivity contribution is 0.0953. The number of amides is 1. The second-order valence-electron chi connectivity index (χ2n) is 4.15. The number of nitrogen functional groups attached to an aromatic ring is 1. The first kappa shape index (κ1) is 13.2. The van der Waals surface area contributed by atoms with Gasteiger partial charge in [-0.25, -0.2) is 0 Å². The van der Waals surface area contributed by atoms with Gasteiger partial charge in [-0.15, -0.1) is 0 Å². The van der Waals surface area contributed by atoms with Gasteiger partial charge in [-0.05, 0) is 31.2 Å². The molecule has 3 N–H and O–H groups in total. The minimum atomic E-state index is -0.319. The highest BCUT2D eigenvalue weighted by Crippen LogP contribution is 2.24. The number of para-hydroxylation sites is 2. The Labute approximate surface area is 111 Å². The second-order valence-corrected chi connectivity index (χ2v) is 4.15. The molecule has 0 aliphatic rings. The highest BCUT2D eigenvalue weighted by molar-refractivity contribution is 6.05. The predicted molar refractivity (Wildman–Crippen MR) is 73.1 cm³/mol. The number of carbonyl (C=O) groups excluding carboxylic acids is 1. The van der Waals surface area contributed by atoms with Gasteiger partial charge < -0.3 is 20.2 Å². The molecule has 1 aromatic carbocycles. The number of rotatable bonds is 4. The molecule has 0 atom stereocenters. The van der Waals surface area contributed by atoms with Crippen molar-refractivity contribution < 1.29 is 14.3 Å². The standard InChI is InChI=1S/C14H16N2O3/c1-10-6-7-13(19-10)14(18)16(8-9-17)12-5-3-2-4-11(12)15/h2-7,17H,8-9,15H2,1H3. The average molecular weight is 260 g/mol. The first-order chi connectivity index (χ1) is 9.13. The lowest BCUT2D eigenvalue weighted by Gasteiger charge is -2.22. The summed E-state index contributed by atoms with van der Waals surface area (Å²) in [6.07, 6.45) is 0. The van der Waals surface area contributed by atoms with Gasteiger partial charge in [0, 0.05) is 6.54 Å². The summed E-state index contributed by atoms with van der Waals surface area (Å²) >= 11 is 0. The Morgan fingerprint density at radius 2 is 2.05 bits per heavy atom. The van der Waals surface area contributed by atoms with E-state index in [1.54, 1.807) is 43.3 Å². The predicted octanol–water partition coefficient (Wildman–Crippen LogP) is 1.81. The number of carbonyl (C=O) groups is 1. The lowest BCUT2D eigenvalue weighted by atomic mass is 10.2. The minimum absolute atomic E-state index is 0.153. The van der Waals surface area contributed by atoms with Crippen molar-refractivity contribution in [2.24, 2.45) is 0 Å². The molecule has 0 aliphatic carbocycles. The number of aryl methyl sites for hydroxylation is 1. The van der Waals surface area contributed by atoms with Crippen molar-refractivity contribution in [3.05, 3.63) is 47.9 Å². The number of hydrogen-bond acceptors (Lipinski definition) is 4. The maximum Gasteiger partial charge on any atom is 0.294 e. The number of anilines is 2. The van der Waals surface area contributed by atoms with E-state index in [1.807, 2.05) is 0 Å². The molecule has 100 valence electrons. The van der Waals surface area contributed by atoms with Crippen LogP contribution < -0.4 is 10.6 Å². The molecule has 2 rings (SSSR count). The third kappa shape index (κ3) is 2.77. The molecule has 1 heterocycles. The Kier molecular flexibility index (Phi) is 3.87. The van der Waals surface area contributed by atoms with Gasteiger partial charge in [0.15, 0.2) is 5.76 Å². The van der Waals surface area contributed by atoms with Crippen molar-refractivity contribution in [3.8, 4) is 0 Å². The summed E-state index contributed by atoms with van der Waals surface area (Å²) in [7, 11) is 0. The van der Waals surface area contributed by atoms with Crippen LogP contribution in [0, 0.1) is 6.92 Å². The van der Waals surface area contributed by atoms with Crippen LogP contribution >= 0.6 is 0 Å². The third-order valence-electron chi connectivity index (χ3n) is 2.75. The number of hydrogen-bond donors (Lipinski definition) is 2. The molecule has 0 bridgehead atoms. The zero-order valence-corrected chi connectivity index (χ0v) is 10.7. The number of nitrogens with zero attached hydrogens (tertiary/aromatic N) is 1. The maximum atomic E-state index is 12.4. The Morgan fingerprint density at radius 3 is 2.63 bits per heavy atom. The third-order valence-corrected chi connectivity index (χ3v) is 2.75. The van der Waals surface area contributed by atoms with E-state index in [4.69, 9.17) is 15.3 Å². The molecular weight excluding hydrogens is 244 g/mol. The van der Waals surface area contributed by atoms with Gasteiger partial charge in [0.05, 0.1) is 18.0 Å². The normalized spacial score (nSPS) is 10.4. The molecule has 0 fully saturated rings. The molecule has 0 radical (unpaired) electrons. The van der Waals surface area contributed by atoms with Crippen LogP contribution in [0.2, 0.25) is 0 Å². The number of furan rings is 1. The molecule has 0 aliphatic heterocycles. The van der Waals surface area contributed by atoms with Crippen molar-refractivity contribution in [2.75, 3.05) is 23.8 Å². The lowest BCUT2D eigenvalue weighted by Crippen LogP contribution is -2.33. The molecule has 1 aromatic heterocycles. The smallest absolute Gasteiger partial charge is 0.294 e. The van der Waals surface area contributed by atoms with Crippen molar-refractivity contribution in [2.45, 2.75) is 6.92 Å². The van der Waals surface area contributed by atoms with Crippen LogP contribution in [-0.2, 0) is 0 Å². The molecular formula is C14H16N2O3. The zero-order chi connectivity index (χ0) is 13.8. The molecule has 5 nitrogen and oxygen atoms in total. The van der Waals surface area contributed by atoms with Crippen LogP contribution in [0.5, 0.6) is 0 Å². The summed E-state index contributed by atoms with van der Waals surface area (Å²) in [5.41, 5.74) is 6.91. The van der Waals surface area contributed by atoms with Crippen molar-refractivity contribution in [1.82, 2.24) is 0 Å². The fourth-order valence-electron chi connectivity index (χ4n) is 1.85. The topological polar surface area (TPSA) is 79.7 Å². The van der Waals surface area contributed by atoms with Gasteiger partial charge in [-0.1, -0.05) is 12.1 Å². The number of aliphatic hydroxyl groups is 1. The van der Waals surface area contributed by atoms with E-state index >= 15 is 0 Å². The van der Waals surface area contributed by atoms with Crippen molar-refractivity contribution >= 4 is 17.3 Å². The van der Waals surface area contributed by atoms with Gasteiger partial charge in [0.25, 0.3) is 5.91 Å². The van der Waals surface area contributed by atoms with E-state index in [0.29, 0.717) is 17.1 Å². The summed E-state index contributed by atoms with van der Waals surface area (Å²) in [6, 6.07) is 10.4. The average Bonchev–Trinajstić information content (AvgIpc) is 2.83. The molecule has 0 spiro atoms. The van der Waals surface area contributed by atoms with Gasteiger partial charge in [-0.2, -0.15) is 0 Å². The summed E-state index contributed by atoms with van der Waals surface area (Å²) in [5.74, 6) is 0.572. The van der Waals surface area contributed by atoms with Crippen molar-refractivity contribution in [1.29, 1.82) is 0 Å². The largest absolute Gasteiger partial charge is 0.456 e. The van der Waals surface area contributed by atoms with Crippen LogP contribution in [0.1, 0.15) is 16.3 Å². The van der Waals surface area contributed by atoms with E-state index in [-0.39, 0.29) is 24.8 Å². The number of aliphatic hydroxyl groups excluding tert-OH is 1. The SMILES string of the molecule is Cc1ccc(C(=O)N(CCO)c2ccccc2N)o1. The quantitative estimate of drug-likeness (QED) is 0.822. The Morgan fingerprint density at radius 1 is 1.32 bits per heavy atom. The number of benzene rings is 1. The molecule has 0 unspecified atom stereocenters. The first-order valence-corrected chi connectivity index (χ1v) is 5.97. The summed E-state index contributed by atoms with van der Waals surface area (Å²) in [6.45, 7) is 1.77. The van der Waals surface area contributed by atoms with Gasteiger partial charge in [0.1, 0.15) is 5.76 Å². The van der Waals surface area contributed by atoms with Crippen LogP contribution in [-0.4, -0.2) is 24.2 Å². The van der Waals surface area contributed by atoms with Crippen LogP contribution in [0.3, 0.4) is 0 Å². The van der Waals surface area contributed by atoms with Crippen LogP contribution in [0.25, 0.3) is 0 Å². The van der Waals surface area contributed by atoms with E-state index < -0.39 is 0 Å². The Hall–Kier alpha value is -2.27. The molecule has 1 amide bonds. The van der Waals surface area contributed by atoms with E-state index in [2.05, 4.69) is 0 Å². The molecule has 0 saturated heterocycles. The highest BCUT2D eigenvalue weighted by Gasteiger charge is 2.21. The molecule has 5 heteroatoms. The fraction of sp³-hybridized carbons (Fsp3) is 0.214. The summed E-state index contributed by atoms with van der Waals surface area (Å²) < 4.78 is 5.32. The van der Waals surface area contributed by atoms with Gasteiger partial charge in [-0.3, -0.25) is 4.79 Å². The fourth-order valence-corrected chi connectivity index (χ4v) is 1.85. The molecule has 0 saturated carbocycles. The molecule has 2 aromatic rings. The Bertz CT molecular complexity index is 578. The van der Waals surface area contributed by atoms with Crippen LogP contribution in [0.15, 0.2) is 40.8 Å². The summed E-state index contributed by atoms with van der Waals surface area (Å²) in [5, 5.41) is 9.12. The first-order valence-electron chi connectivity index (χ1n) is 5.97. The molecule has 19 heavy (non-hydrogen) atoms. The zero-order valence-electron chi connectivity index (χ0n) is 10.7. The maximum absolute atomic E-state index is 12.4. The minimum Gasteiger partial charge on any atom is -0.456 e. The monoisotopic (exact) mass is 260 g/mol. The van der Waals surface area contributed by atoms with E-state index in [0.717, 1.165) is 0 Å². The number of nitrogens with two attached hydrogens (primary N) is 1. The highest BCUT2D eigenvalue weighted by atomic mass is 16.3. The Balaban J connectivity index is 2.35. The van der Waals surface area contributed by atoms with Crippen LogP contribution in [0.4, 0.5) is 11.4 Å². The van der Waals surface area contributed by atoms with E-state index in [9.17, 15) is 4.79 Å². The van der Waals surface area contributed by atoms with E-state index in [1.165, 1.54) is 4.90 Å².